The molecule has 1 aromatic carbocycles. The number of para-hydroxylation sites is 1. The predicted octanol–water partition coefficient (Wildman–Crippen LogP) is 4.05. The van der Waals surface area contributed by atoms with Gasteiger partial charge < -0.3 is 19.3 Å². The summed E-state index contributed by atoms with van der Waals surface area (Å²) >= 11 is 0. The van der Waals surface area contributed by atoms with Gasteiger partial charge >= 0.3 is 0 Å². The van der Waals surface area contributed by atoms with Crippen molar-refractivity contribution in [2.45, 2.75) is 38.5 Å². The van der Waals surface area contributed by atoms with Gasteiger partial charge in [-0.15, -0.1) is 0 Å². The van der Waals surface area contributed by atoms with Crippen LogP contribution in [0.3, 0.4) is 0 Å². The molecular weight excluding hydrogens is 402 g/mol. The Labute approximate surface area is 191 Å². The highest BCUT2D eigenvalue weighted by molar-refractivity contribution is 5.92. The first-order valence-corrected chi connectivity index (χ1v) is 11.8. The van der Waals surface area contributed by atoms with Gasteiger partial charge in [-0.1, -0.05) is 30.7 Å². The lowest BCUT2D eigenvalue weighted by Crippen LogP contribution is -2.48. The number of methoxy groups -OCH3 is 1. The Hall–Kier alpha value is -2.60. The first-order chi connectivity index (χ1) is 15.6. The third-order valence-corrected chi connectivity index (χ3v) is 6.97. The van der Waals surface area contributed by atoms with E-state index in [2.05, 4.69) is 41.2 Å². The summed E-state index contributed by atoms with van der Waals surface area (Å²) in [4.78, 5) is 21.7. The highest BCUT2D eigenvalue weighted by atomic mass is 16.5. The predicted molar refractivity (Wildman–Crippen MR) is 125 cm³/mol. The van der Waals surface area contributed by atoms with Crippen LogP contribution in [-0.2, 0) is 6.42 Å². The van der Waals surface area contributed by atoms with Crippen LogP contribution in [0.25, 0.3) is 0 Å². The number of likely N-dealkylation sites (N-methyl/N-ethyl adjacent to an activating group) is 1. The molecule has 32 heavy (non-hydrogen) atoms. The fourth-order valence-corrected chi connectivity index (χ4v) is 5.11. The van der Waals surface area contributed by atoms with Crippen molar-refractivity contribution in [3.05, 3.63) is 53.7 Å². The molecule has 0 unspecified atom stereocenters. The number of fused-ring (bicyclic) bond motifs is 1. The number of ether oxygens (including phenoxy) is 2. The van der Waals surface area contributed by atoms with E-state index in [1.807, 2.05) is 11.0 Å². The summed E-state index contributed by atoms with van der Waals surface area (Å²) in [6.45, 7) is 4.23. The van der Waals surface area contributed by atoms with E-state index in [1.54, 1.807) is 19.2 Å². The Morgan fingerprint density at radius 2 is 1.84 bits per heavy atom. The molecule has 172 valence electrons. The number of rotatable bonds is 2. The molecule has 2 aliphatic rings. The van der Waals surface area contributed by atoms with Gasteiger partial charge in [-0.25, -0.2) is 4.98 Å². The molecule has 1 amide bonds. The molecule has 0 atom stereocenters. The van der Waals surface area contributed by atoms with E-state index < -0.39 is 0 Å². The SMILES string of the molecule is COc1cccc(C(=O)N2CCC3(CCCCc4ccccc4OCCN(C)C3)CC2)n1. The molecule has 0 aliphatic carbocycles. The number of hydrogen-bond donors (Lipinski definition) is 0. The molecule has 1 spiro atoms. The van der Waals surface area contributed by atoms with E-state index in [0.717, 1.165) is 51.2 Å². The summed E-state index contributed by atoms with van der Waals surface area (Å²) in [6, 6.07) is 13.8. The fraction of sp³-hybridized carbons (Fsp3) is 0.538. The van der Waals surface area contributed by atoms with E-state index in [1.165, 1.54) is 24.8 Å². The summed E-state index contributed by atoms with van der Waals surface area (Å²) in [5.41, 5.74) is 2.04. The Morgan fingerprint density at radius 1 is 1.03 bits per heavy atom. The molecule has 2 aromatic rings. The summed E-state index contributed by atoms with van der Waals surface area (Å²) in [6.07, 6.45) is 6.71. The van der Waals surface area contributed by atoms with Crippen molar-refractivity contribution in [2.75, 3.05) is 46.9 Å². The zero-order valence-electron chi connectivity index (χ0n) is 19.4. The first-order valence-electron chi connectivity index (χ1n) is 11.8. The minimum absolute atomic E-state index is 0.00488. The normalized spacial score (nSPS) is 19.9. The number of aromatic nitrogens is 1. The van der Waals surface area contributed by atoms with Crippen LogP contribution in [0.15, 0.2) is 42.5 Å². The molecule has 2 aliphatic heterocycles. The Morgan fingerprint density at radius 3 is 2.66 bits per heavy atom. The summed E-state index contributed by atoms with van der Waals surface area (Å²) in [5, 5.41) is 0. The Balaban J connectivity index is 1.40. The molecule has 0 bridgehead atoms. The largest absolute Gasteiger partial charge is 0.492 e. The van der Waals surface area contributed by atoms with Crippen LogP contribution in [-0.4, -0.2) is 67.6 Å². The molecule has 0 N–H and O–H groups in total. The standard InChI is InChI=1S/C26H35N3O3/c1-28-18-19-32-23-11-4-3-8-21(23)9-5-6-13-26(20-28)14-16-29(17-15-26)25(30)22-10-7-12-24(27-22)31-2/h3-4,7-8,10-12H,5-6,9,13-20H2,1-2H3. The molecule has 6 nitrogen and oxygen atoms in total. The van der Waals surface area contributed by atoms with Gasteiger partial charge in [-0.05, 0) is 62.3 Å². The van der Waals surface area contributed by atoms with Crippen molar-refractivity contribution < 1.29 is 14.3 Å². The van der Waals surface area contributed by atoms with Crippen LogP contribution < -0.4 is 9.47 Å². The van der Waals surface area contributed by atoms with Crippen molar-refractivity contribution in [3.8, 4) is 11.6 Å². The zero-order chi connectivity index (χ0) is 22.4. The maximum atomic E-state index is 13.0. The number of likely N-dealkylation sites (tertiary alicyclic amines) is 1. The number of aryl methyl sites for hydroxylation is 1. The molecule has 0 saturated carbocycles. The number of carbonyl (C=O) groups is 1. The van der Waals surface area contributed by atoms with Crippen LogP contribution >= 0.6 is 0 Å². The zero-order valence-corrected chi connectivity index (χ0v) is 19.4. The molecular formula is C26H35N3O3. The summed E-state index contributed by atoms with van der Waals surface area (Å²) in [7, 11) is 3.77. The van der Waals surface area contributed by atoms with Crippen LogP contribution in [0.2, 0.25) is 0 Å². The second kappa shape index (κ2) is 10.3. The average Bonchev–Trinajstić information content (AvgIpc) is 2.82. The van der Waals surface area contributed by atoms with Crippen LogP contribution in [0.4, 0.5) is 0 Å². The van der Waals surface area contributed by atoms with Crippen molar-refractivity contribution in [2.24, 2.45) is 5.41 Å². The Kier molecular flexibility index (Phi) is 7.30. The lowest BCUT2D eigenvalue weighted by atomic mass is 9.73. The number of hydrogen-bond acceptors (Lipinski definition) is 5. The van der Waals surface area contributed by atoms with Crippen molar-refractivity contribution in [3.63, 3.8) is 0 Å². The quantitative estimate of drug-likeness (QED) is 0.710. The first kappa shape index (κ1) is 22.6. The van der Waals surface area contributed by atoms with Gasteiger partial charge in [-0.3, -0.25) is 4.79 Å². The second-order valence-corrected chi connectivity index (χ2v) is 9.26. The van der Waals surface area contributed by atoms with Crippen LogP contribution in [0, 0.1) is 5.41 Å². The number of carbonyl (C=O) groups excluding carboxylic acids is 1. The lowest BCUT2D eigenvalue weighted by molar-refractivity contribution is 0.0420. The van der Waals surface area contributed by atoms with Crippen molar-refractivity contribution >= 4 is 5.91 Å². The third kappa shape index (κ3) is 5.41. The second-order valence-electron chi connectivity index (χ2n) is 9.26. The van der Waals surface area contributed by atoms with Crippen molar-refractivity contribution in [1.82, 2.24) is 14.8 Å². The van der Waals surface area contributed by atoms with E-state index in [4.69, 9.17) is 9.47 Å². The van der Waals surface area contributed by atoms with Crippen LogP contribution in [0.1, 0.15) is 48.2 Å². The topological polar surface area (TPSA) is 54.9 Å². The lowest BCUT2D eigenvalue weighted by Gasteiger charge is -2.44. The van der Waals surface area contributed by atoms with Gasteiger partial charge in [0, 0.05) is 32.2 Å². The maximum Gasteiger partial charge on any atom is 0.272 e. The molecule has 0 radical (unpaired) electrons. The van der Waals surface area contributed by atoms with Crippen LogP contribution in [0.5, 0.6) is 11.6 Å². The molecule has 3 heterocycles. The number of pyridine rings is 1. The van der Waals surface area contributed by atoms with Crippen molar-refractivity contribution in [1.29, 1.82) is 0 Å². The smallest absolute Gasteiger partial charge is 0.272 e. The Bertz CT molecular complexity index is 909. The molecule has 6 heteroatoms. The molecule has 1 aromatic heterocycles. The summed E-state index contributed by atoms with van der Waals surface area (Å²) < 4.78 is 11.3. The monoisotopic (exact) mass is 437 g/mol. The van der Waals surface area contributed by atoms with Gasteiger partial charge in [0.05, 0.1) is 7.11 Å². The third-order valence-electron chi connectivity index (χ3n) is 6.97. The highest BCUT2D eigenvalue weighted by Gasteiger charge is 2.37. The van der Waals surface area contributed by atoms with Gasteiger partial charge in [-0.2, -0.15) is 0 Å². The number of nitrogens with zero attached hydrogens (tertiary/aromatic N) is 3. The summed E-state index contributed by atoms with van der Waals surface area (Å²) in [5.74, 6) is 1.52. The minimum atomic E-state index is 0.00488. The maximum absolute atomic E-state index is 13.0. The number of piperidine rings is 1. The van der Waals surface area contributed by atoms with E-state index >= 15 is 0 Å². The van der Waals surface area contributed by atoms with Gasteiger partial charge in [0.2, 0.25) is 5.88 Å². The highest BCUT2D eigenvalue weighted by Crippen LogP contribution is 2.38. The number of amides is 1. The molecule has 1 saturated heterocycles. The van der Waals surface area contributed by atoms with E-state index in [0.29, 0.717) is 18.2 Å². The molecule has 4 rings (SSSR count). The number of benzene rings is 1. The average molecular weight is 438 g/mol. The van der Waals surface area contributed by atoms with Gasteiger partial charge in [0.15, 0.2) is 0 Å². The van der Waals surface area contributed by atoms with E-state index in [9.17, 15) is 4.79 Å². The minimum Gasteiger partial charge on any atom is -0.492 e. The fourth-order valence-electron chi connectivity index (χ4n) is 5.11. The van der Waals surface area contributed by atoms with E-state index in [-0.39, 0.29) is 11.3 Å². The molecule has 1 fully saturated rings. The van der Waals surface area contributed by atoms with Gasteiger partial charge in [0.25, 0.3) is 5.91 Å². The van der Waals surface area contributed by atoms with Gasteiger partial charge in [0.1, 0.15) is 18.1 Å².